The molecule has 1 saturated heterocycles. The fraction of sp³-hybridized carbons (Fsp3) is 0.375. The van der Waals surface area contributed by atoms with Gasteiger partial charge in [-0.1, -0.05) is 30.3 Å². The van der Waals surface area contributed by atoms with Crippen molar-refractivity contribution in [2.75, 3.05) is 6.54 Å². The van der Waals surface area contributed by atoms with Crippen molar-refractivity contribution in [3.8, 4) is 0 Å². The minimum absolute atomic E-state index is 0.0687. The highest BCUT2D eigenvalue weighted by Crippen LogP contribution is 2.36. The first kappa shape index (κ1) is 28.0. The van der Waals surface area contributed by atoms with Crippen LogP contribution in [0.3, 0.4) is 0 Å². The van der Waals surface area contributed by atoms with E-state index in [1.807, 2.05) is 30.3 Å². The Hall–Kier alpha value is -3.61. The van der Waals surface area contributed by atoms with Gasteiger partial charge >= 0.3 is 18.4 Å². The number of nitrogens with one attached hydrogen (secondary N) is 3. The summed E-state index contributed by atoms with van der Waals surface area (Å²) >= 11 is 0. The van der Waals surface area contributed by atoms with Crippen molar-refractivity contribution in [2.45, 2.75) is 49.7 Å². The SMILES string of the molecule is O=C(O)NC(C(=O)N[C@H]1CCN[C@H](Cc2ccccc2)C1)C(=O)c1cc(C(F)(F)F)cc(C(F)(F)F)c1. The van der Waals surface area contributed by atoms with Gasteiger partial charge in [0.25, 0.3) is 5.91 Å². The first-order valence-electron chi connectivity index (χ1n) is 11.1. The smallest absolute Gasteiger partial charge is 0.416 e. The van der Waals surface area contributed by atoms with Crippen molar-refractivity contribution in [1.29, 1.82) is 0 Å². The van der Waals surface area contributed by atoms with Gasteiger partial charge in [-0.3, -0.25) is 9.59 Å². The third-order valence-corrected chi connectivity index (χ3v) is 5.83. The number of rotatable bonds is 7. The van der Waals surface area contributed by atoms with Crippen LogP contribution >= 0.6 is 0 Å². The Balaban J connectivity index is 1.81. The predicted molar refractivity (Wildman–Crippen MR) is 119 cm³/mol. The molecule has 0 spiro atoms. The van der Waals surface area contributed by atoms with Crippen molar-refractivity contribution in [3.05, 3.63) is 70.8 Å². The molecule has 1 heterocycles. The molecule has 3 rings (SSSR count). The number of carboxylic acid groups (broad SMARTS) is 1. The maximum atomic E-state index is 13.2. The lowest BCUT2D eigenvalue weighted by Crippen LogP contribution is -2.56. The van der Waals surface area contributed by atoms with E-state index in [2.05, 4.69) is 10.6 Å². The zero-order chi connectivity index (χ0) is 27.4. The van der Waals surface area contributed by atoms with Crippen LogP contribution in [0.2, 0.25) is 0 Å². The van der Waals surface area contributed by atoms with E-state index in [0.29, 0.717) is 25.8 Å². The Kier molecular flexibility index (Phi) is 8.46. The van der Waals surface area contributed by atoms with E-state index in [1.165, 1.54) is 0 Å². The van der Waals surface area contributed by atoms with Crippen molar-refractivity contribution >= 4 is 17.8 Å². The molecule has 37 heavy (non-hydrogen) atoms. The number of hydrogen-bond donors (Lipinski definition) is 4. The van der Waals surface area contributed by atoms with Gasteiger partial charge in [-0.25, -0.2) is 4.79 Å². The number of carbonyl (C=O) groups is 3. The molecular formula is C24H23F6N3O4. The number of hydrogen-bond acceptors (Lipinski definition) is 4. The summed E-state index contributed by atoms with van der Waals surface area (Å²) in [6.45, 7) is 0.482. The van der Waals surface area contributed by atoms with Crippen molar-refractivity contribution in [1.82, 2.24) is 16.0 Å². The molecule has 13 heteroatoms. The topological polar surface area (TPSA) is 108 Å². The van der Waals surface area contributed by atoms with E-state index in [0.717, 1.165) is 5.56 Å². The third-order valence-electron chi connectivity index (χ3n) is 5.83. The quantitative estimate of drug-likeness (QED) is 0.245. The molecular weight excluding hydrogens is 508 g/mol. The fourth-order valence-corrected chi connectivity index (χ4v) is 4.11. The van der Waals surface area contributed by atoms with Crippen LogP contribution < -0.4 is 16.0 Å². The number of halogens is 6. The molecule has 1 aliphatic rings. The summed E-state index contributed by atoms with van der Waals surface area (Å²) in [6.07, 6.45) is -10.9. The number of ketones is 1. The normalized spacial score (nSPS) is 19.1. The number of piperidine rings is 1. The first-order chi connectivity index (χ1) is 17.2. The maximum absolute atomic E-state index is 13.2. The van der Waals surface area contributed by atoms with Crippen molar-refractivity contribution in [3.63, 3.8) is 0 Å². The molecule has 2 aromatic carbocycles. The molecule has 7 nitrogen and oxygen atoms in total. The fourth-order valence-electron chi connectivity index (χ4n) is 4.11. The number of Topliss-reactive ketones (excluding diaryl/α,β-unsaturated/α-hetero) is 1. The molecule has 2 amide bonds. The van der Waals surface area contributed by atoms with Gasteiger partial charge in [0.05, 0.1) is 11.1 Å². The van der Waals surface area contributed by atoms with Crippen LogP contribution in [0.5, 0.6) is 0 Å². The Morgan fingerprint density at radius 1 is 0.973 bits per heavy atom. The van der Waals surface area contributed by atoms with Crippen LogP contribution in [-0.2, 0) is 23.6 Å². The van der Waals surface area contributed by atoms with E-state index < -0.39 is 58.9 Å². The molecule has 0 bridgehead atoms. The molecule has 2 aromatic rings. The Bertz CT molecular complexity index is 1110. The summed E-state index contributed by atoms with van der Waals surface area (Å²) in [6, 6.07) is 6.72. The highest BCUT2D eigenvalue weighted by molar-refractivity contribution is 6.15. The van der Waals surface area contributed by atoms with Crippen LogP contribution in [0.1, 0.15) is 39.9 Å². The summed E-state index contributed by atoms with van der Waals surface area (Å²) in [4.78, 5) is 37.0. The van der Waals surface area contributed by atoms with E-state index in [4.69, 9.17) is 5.11 Å². The van der Waals surface area contributed by atoms with E-state index in [-0.39, 0.29) is 24.2 Å². The standard InChI is InChI=1S/C24H23F6N3O4/c25-23(26,27)15-9-14(10-16(11-15)24(28,29)30)20(34)19(33-22(36)37)21(35)32-17-6-7-31-18(12-17)8-13-4-2-1-3-5-13/h1-5,9-11,17-19,31,33H,6-8,12H2,(H,32,35)(H,36,37)/t17-,18+,19?/m0/s1. The predicted octanol–water partition coefficient (Wildman–Crippen LogP) is 4.02. The summed E-state index contributed by atoms with van der Waals surface area (Å²) in [5, 5.41) is 16.5. The highest BCUT2D eigenvalue weighted by atomic mass is 19.4. The molecule has 1 aliphatic heterocycles. The molecule has 0 aromatic heterocycles. The second kappa shape index (κ2) is 11.2. The van der Waals surface area contributed by atoms with E-state index >= 15 is 0 Å². The third kappa shape index (κ3) is 7.68. The molecule has 1 unspecified atom stereocenters. The summed E-state index contributed by atoms with van der Waals surface area (Å²) in [7, 11) is 0. The van der Waals surface area contributed by atoms with Crippen LogP contribution in [-0.4, -0.2) is 47.6 Å². The molecule has 4 N–H and O–H groups in total. The number of benzene rings is 2. The summed E-state index contributed by atoms with van der Waals surface area (Å²) in [5.41, 5.74) is -3.61. The molecule has 0 radical (unpaired) electrons. The van der Waals surface area contributed by atoms with Gasteiger partial charge in [0.15, 0.2) is 11.8 Å². The number of alkyl halides is 6. The van der Waals surface area contributed by atoms with Crippen molar-refractivity contribution in [2.24, 2.45) is 0 Å². The lowest BCUT2D eigenvalue weighted by molar-refractivity contribution is -0.143. The zero-order valence-corrected chi connectivity index (χ0v) is 19.1. The highest BCUT2D eigenvalue weighted by Gasteiger charge is 2.39. The van der Waals surface area contributed by atoms with E-state index in [1.54, 1.807) is 5.32 Å². The lowest BCUT2D eigenvalue weighted by Gasteiger charge is -2.32. The largest absolute Gasteiger partial charge is 0.465 e. The maximum Gasteiger partial charge on any atom is 0.416 e. The minimum atomic E-state index is -5.23. The van der Waals surface area contributed by atoms with Gasteiger partial charge in [0.2, 0.25) is 0 Å². The van der Waals surface area contributed by atoms with Gasteiger partial charge in [-0.05, 0) is 49.6 Å². The van der Waals surface area contributed by atoms with Crippen LogP contribution in [0.25, 0.3) is 0 Å². The van der Waals surface area contributed by atoms with E-state index in [9.17, 15) is 40.7 Å². The zero-order valence-electron chi connectivity index (χ0n) is 19.1. The van der Waals surface area contributed by atoms with Gasteiger partial charge in [-0.15, -0.1) is 0 Å². The van der Waals surface area contributed by atoms with Crippen LogP contribution in [0, 0.1) is 0 Å². The van der Waals surface area contributed by atoms with Crippen LogP contribution in [0.15, 0.2) is 48.5 Å². The lowest BCUT2D eigenvalue weighted by atomic mass is 9.93. The summed E-state index contributed by atoms with van der Waals surface area (Å²) < 4.78 is 79.2. The Morgan fingerprint density at radius 2 is 1.57 bits per heavy atom. The Morgan fingerprint density at radius 3 is 2.11 bits per heavy atom. The number of amides is 2. The molecule has 0 saturated carbocycles. The van der Waals surface area contributed by atoms with Gasteiger partial charge < -0.3 is 21.1 Å². The van der Waals surface area contributed by atoms with Gasteiger partial charge in [0, 0.05) is 17.6 Å². The van der Waals surface area contributed by atoms with Crippen LogP contribution in [0.4, 0.5) is 31.1 Å². The average molecular weight is 531 g/mol. The van der Waals surface area contributed by atoms with Gasteiger partial charge in [0.1, 0.15) is 0 Å². The molecule has 200 valence electrons. The molecule has 3 atom stereocenters. The average Bonchev–Trinajstić information content (AvgIpc) is 2.81. The Labute approximate surface area is 207 Å². The monoisotopic (exact) mass is 531 g/mol. The summed E-state index contributed by atoms with van der Waals surface area (Å²) in [5.74, 6) is -2.73. The minimum Gasteiger partial charge on any atom is -0.465 e. The number of carbonyl (C=O) groups excluding carboxylic acids is 2. The second-order valence-electron chi connectivity index (χ2n) is 8.61. The van der Waals surface area contributed by atoms with Crippen molar-refractivity contribution < 1.29 is 45.8 Å². The second-order valence-corrected chi connectivity index (χ2v) is 8.61. The molecule has 0 aliphatic carbocycles. The first-order valence-corrected chi connectivity index (χ1v) is 11.1. The van der Waals surface area contributed by atoms with Gasteiger partial charge in [-0.2, -0.15) is 26.3 Å². The molecule has 1 fully saturated rings.